The van der Waals surface area contributed by atoms with Crippen LogP contribution in [0.3, 0.4) is 0 Å². The van der Waals surface area contributed by atoms with Gasteiger partial charge in [-0.05, 0) is 11.1 Å². The summed E-state index contributed by atoms with van der Waals surface area (Å²) >= 11 is 9.53. The molecule has 0 unspecified atom stereocenters. The Labute approximate surface area is 130 Å². The van der Waals surface area contributed by atoms with Gasteiger partial charge in [0.05, 0.1) is 18.2 Å². The van der Waals surface area contributed by atoms with Crippen molar-refractivity contribution in [2.45, 2.75) is 0 Å². The van der Waals surface area contributed by atoms with Crippen molar-refractivity contribution in [2.75, 3.05) is 18.4 Å². The van der Waals surface area contributed by atoms with Gasteiger partial charge in [0, 0.05) is 6.54 Å². The first kappa shape index (κ1) is 16.5. The molecule has 4 heteroatoms. The number of aliphatic imine (C=N–C) groups is 1. The van der Waals surface area contributed by atoms with Gasteiger partial charge in [-0.1, -0.05) is 60.7 Å². The molecule has 2 aromatic carbocycles. The van der Waals surface area contributed by atoms with E-state index in [-0.39, 0.29) is 5.34 Å². The summed E-state index contributed by atoms with van der Waals surface area (Å²) in [4.78, 5) is 3.85. The molecular formula is C16H18Cl2N2. The lowest BCUT2D eigenvalue weighted by atomic mass is 10.1. The fourth-order valence-corrected chi connectivity index (χ4v) is 1.58. The fourth-order valence-electron chi connectivity index (χ4n) is 1.58. The summed E-state index contributed by atoms with van der Waals surface area (Å²) in [5.74, 6) is 0. The Morgan fingerprint density at radius 1 is 0.850 bits per heavy atom. The molecule has 1 aliphatic rings. The van der Waals surface area contributed by atoms with Gasteiger partial charge in [-0.2, -0.15) is 0 Å². The zero-order valence-electron chi connectivity index (χ0n) is 11.2. The van der Waals surface area contributed by atoms with Crippen molar-refractivity contribution in [3.63, 3.8) is 0 Å². The maximum absolute atomic E-state index is 4.76. The van der Waals surface area contributed by atoms with Crippen LogP contribution >= 0.6 is 23.2 Å². The highest BCUT2D eigenvalue weighted by Gasteiger charge is 1.91. The highest BCUT2D eigenvalue weighted by atomic mass is 35.5. The molecule has 0 saturated heterocycles. The Balaban J connectivity index is 0.000000208. The summed E-state index contributed by atoms with van der Waals surface area (Å²) in [7, 11) is 0. The van der Waals surface area contributed by atoms with E-state index in [4.69, 9.17) is 23.2 Å². The van der Waals surface area contributed by atoms with Gasteiger partial charge < -0.3 is 5.32 Å². The van der Waals surface area contributed by atoms with Crippen LogP contribution < -0.4 is 5.32 Å². The van der Waals surface area contributed by atoms with E-state index in [2.05, 4.69) is 58.8 Å². The highest BCUT2D eigenvalue weighted by molar-refractivity contribution is 6.40. The van der Waals surface area contributed by atoms with Crippen LogP contribution in [0.1, 0.15) is 0 Å². The van der Waals surface area contributed by atoms with Gasteiger partial charge in [0.25, 0.3) is 0 Å². The normalized spacial score (nSPS) is 11.5. The quantitative estimate of drug-likeness (QED) is 0.776. The summed E-state index contributed by atoms with van der Waals surface area (Å²) in [6.07, 6.45) is 1.74. The molecule has 2 nitrogen and oxygen atoms in total. The number of nitrogens with one attached hydrogen (secondary N) is 1. The third-order valence-electron chi connectivity index (χ3n) is 2.45. The number of benzene rings is 2. The van der Waals surface area contributed by atoms with E-state index in [0.29, 0.717) is 0 Å². The Morgan fingerprint density at radius 2 is 1.30 bits per heavy atom. The fraction of sp³-hybridized carbons (Fsp3) is 0.188. The number of alkyl halides is 2. The van der Waals surface area contributed by atoms with E-state index in [9.17, 15) is 0 Å². The van der Waals surface area contributed by atoms with Crippen molar-refractivity contribution >= 4 is 29.5 Å². The summed E-state index contributed by atoms with van der Waals surface area (Å²) in [6, 6.07) is 20.8. The lowest BCUT2D eigenvalue weighted by Gasteiger charge is -1.98. The van der Waals surface area contributed by atoms with Gasteiger partial charge in [0.15, 0.2) is 0 Å². The first-order valence-electron chi connectivity index (χ1n) is 6.32. The molecule has 0 atom stereocenters. The van der Waals surface area contributed by atoms with Gasteiger partial charge >= 0.3 is 0 Å². The average Bonchev–Trinajstić information content (AvgIpc) is 3.10. The monoisotopic (exact) mass is 308 g/mol. The first-order valence-corrected chi connectivity index (χ1v) is 7.39. The third-order valence-corrected chi connectivity index (χ3v) is 2.45. The molecule has 0 spiro atoms. The van der Waals surface area contributed by atoms with Crippen molar-refractivity contribution in [2.24, 2.45) is 4.99 Å². The second kappa shape index (κ2) is 11.3. The van der Waals surface area contributed by atoms with Gasteiger partial charge in [0.2, 0.25) is 0 Å². The maximum atomic E-state index is 4.76. The van der Waals surface area contributed by atoms with Crippen molar-refractivity contribution in [1.82, 2.24) is 5.32 Å². The van der Waals surface area contributed by atoms with Gasteiger partial charge in [0.1, 0.15) is 0 Å². The van der Waals surface area contributed by atoms with Crippen LogP contribution in [0.25, 0.3) is 11.1 Å². The van der Waals surface area contributed by atoms with Crippen LogP contribution in [0.2, 0.25) is 0 Å². The van der Waals surface area contributed by atoms with Gasteiger partial charge in [-0.3, -0.25) is 4.99 Å². The van der Waals surface area contributed by atoms with Gasteiger partial charge in [-0.25, -0.2) is 0 Å². The smallest absolute Gasteiger partial charge is 0.0967 e. The summed E-state index contributed by atoms with van der Waals surface area (Å²) in [5.41, 5.74) is 2.55. The molecule has 1 N–H and O–H groups in total. The summed E-state index contributed by atoms with van der Waals surface area (Å²) in [5, 5.41) is 3.12. The standard InChI is InChI=1S/C12H10.C3H6N2.CH2Cl2/c1-3-7-11(8-4-1)12-9-5-2-6-10-12;1-2-5-3-4-1;2-1-3/h1-10H;3H,1-2H2,(H,4,5);1H2. The number of hydrogen-bond donors (Lipinski definition) is 1. The van der Waals surface area contributed by atoms with Crippen molar-refractivity contribution < 1.29 is 0 Å². The van der Waals surface area contributed by atoms with E-state index < -0.39 is 0 Å². The second-order valence-electron chi connectivity index (χ2n) is 3.82. The van der Waals surface area contributed by atoms with Crippen molar-refractivity contribution in [3.8, 4) is 11.1 Å². The molecular weight excluding hydrogens is 291 g/mol. The molecule has 1 aliphatic heterocycles. The van der Waals surface area contributed by atoms with E-state index in [1.807, 2.05) is 12.1 Å². The Hall–Kier alpha value is -1.51. The molecule has 106 valence electrons. The van der Waals surface area contributed by atoms with Crippen LogP contribution in [-0.4, -0.2) is 24.8 Å². The van der Waals surface area contributed by atoms with Crippen LogP contribution in [-0.2, 0) is 0 Å². The van der Waals surface area contributed by atoms with E-state index in [1.165, 1.54) is 11.1 Å². The third kappa shape index (κ3) is 7.17. The lowest BCUT2D eigenvalue weighted by molar-refractivity contribution is 0.965. The lowest BCUT2D eigenvalue weighted by Crippen LogP contribution is -2.04. The molecule has 0 aliphatic carbocycles. The highest BCUT2D eigenvalue weighted by Crippen LogP contribution is 2.17. The molecule has 1 heterocycles. The van der Waals surface area contributed by atoms with E-state index in [1.54, 1.807) is 6.34 Å². The maximum Gasteiger partial charge on any atom is 0.0967 e. The predicted molar refractivity (Wildman–Crippen MR) is 89.8 cm³/mol. The zero-order chi connectivity index (χ0) is 14.5. The van der Waals surface area contributed by atoms with Gasteiger partial charge in [-0.15, -0.1) is 23.2 Å². The molecule has 3 rings (SSSR count). The number of halogens is 2. The molecule has 0 radical (unpaired) electrons. The van der Waals surface area contributed by atoms with Crippen molar-refractivity contribution in [1.29, 1.82) is 0 Å². The molecule has 0 saturated carbocycles. The summed E-state index contributed by atoms with van der Waals surface area (Å²) in [6.45, 7) is 1.99. The molecule has 0 amide bonds. The molecule has 20 heavy (non-hydrogen) atoms. The number of nitrogens with zero attached hydrogens (tertiary/aromatic N) is 1. The minimum Gasteiger partial charge on any atom is -0.375 e. The van der Waals surface area contributed by atoms with E-state index >= 15 is 0 Å². The summed E-state index contributed by atoms with van der Waals surface area (Å²) < 4.78 is 0. The topological polar surface area (TPSA) is 24.4 Å². The minimum absolute atomic E-state index is 0.194. The second-order valence-corrected chi connectivity index (χ2v) is 4.63. The Morgan fingerprint density at radius 3 is 1.55 bits per heavy atom. The molecule has 0 fully saturated rings. The van der Waals surface area contributed by atoms with Crippen molar-refractivity contribution in [3.05, 3.63) is 60.7 Å². The van der Waals surface area contributed by atoms with Crippen LogP contribution in [0.15, 0.2) is 65.7 Å². The molecule has 0 bridgehead atoms. The minimum atomic E-state index is 0.194. The van der Waals surface area contributed by atoms with Crippen LogP contribution in [0, 0.1) is 0 Å². The van der Waals surface area contributed by atoms with E-state index in [0.717, 1.165) is 13.1 Å². The van der Waals surface area contributed by atoms with Crippen LogP contribution in [0.4, 0.5) is 0 Å². The van der Waals surface area contributed by atoms with Crippen LogP contribution in [0.5, 0.6) is 0 Å². The Bertz CT molecular complexity index is 429. The number of rotatable bonds is 1. The zero-order valence-corrected chi connectivity index (χ0v) is 12.7. The average molecular weight is 309 g/mol. The predicted octanol–water partition coefficient (Wildman–Crippen LogP) is 4.39. The molecule has 2 aromatic rings. The first-order chi connectivity index (χ1) is 9.88. The largest absolute Gasteiger partial charge is 0.375 e. The Kier molecular flexibility index (Phi) is 9.37. The SMILES string of the molecule is C1=NCCN1.ClCCl.c1ccc(-c2ccccc2)cc1. The number of hydrogen-bond acceptors (Lipinski definition) is 2. The molecule has 0 aromatic heterocycles.